The Morgan fingerprint density at radius 2 is 1.77 bits per heavy atom. The Balaban J connectivity index is 1.84. The molecule has 2 amide bonds. The number of hydrogen-bond acceptors (Lipinski definition) is 4. The highest BCUT2D eigenvalue weighted by Gasteiger charge is 2.33. The van der Waals surface area contributed by atoms with Gasteiger partial charge in [0.05, 0.1) is 12.8 Å². The molecule has 6 nitrogen and oxygen atoms in total. The van der Waals surface area contributed by atoms with Gasteiger partial charge in [-0.1, -0.05) is 48.5 Å². The summed E-state index contributed by atoms with van der Waals surface area (Å²) in [6.45, 7) is -0.398. The van der Waals surface area contributed by atoms with Crippen molar-refractivity contribution in [2.45, 2.75) is 0 Å². The third-order valence-corrected chi connectivity index (χ3v) is 4.03. The summed E-state index contributed by atoms with van der Waals surface area (Å²) >= 11 is 0. The molecular formula is C20H18N2O4. The van der Waals surface area contributed by atoms with E-state index in [2.05, 4.69) is 10.1 Å². The zero-order valence-corrected chi connectivity index (χ0v) is 14.3. The van der Waals surface area contributed by atoms with E-state index in [4.69, 9.17) is 0 Å². The first-order valence-corrected chi connectivity index (χ1v) is 8.11. The van der Waals surface area contributed by atoms with Crippen molar-refractivity contribution in [3.05, 3.63) is 65.7 Å². The van der Waals surface area contributed by atoms with Gasteiger partial charge < -0.3 is 10.1 Å². The molecule has 1 aliphatic rings. The molecule has 1 N–H and O–H groups in total. The normalized spacial score (nSPS) is 14.3. The lowest BCUT2D eigenvalue weighted by Gasteiger charge is -2.16. The van der Waals surface area contributed by atoms with Gasteiger partial charge in [-0.15, -0.1) is 0 Å². The van der Waals surface area contributed by atoms with Gasteiger partial charge in [0.15, 0.2) is 0 Å². The predicted octanol–water partition coefficient (Wildman–Crippen LogP) is 1.86. The molecule has 0 radical (unpaired) electrons. The van der Waals surface area contributed by atoms with E-state index in [0.29, 0.717) is 11.3 Å². The van der Waals surface area contributed by atoms with Crippen LogP contribution in [-0.2, 0) is 19.1 Å². The van der Waals surface area contributed by atoms with Crippen LogP contribution in [0.2, 0.25) is 0 Å². The van der Waals surface area contributed by atoms with E-state index < -0.39 is 11.9 Å². The van der Waals surface area contributed by atoms with Gasteiger partial charge in [0.1, 0.15) is 13.1 Å². The molecule has 132 valence electrons. The molecule has 0 spiro atoms. The fourth-order valence-electron chi connectivity index (χ4n) is 2.76. The number of esters is 1. The molecule has 26 heavy (non-hydrogen) atoms. The number of benzene rings is 2. The molecule has 0 unspecified atom stereocenters. The second-order valence-electron chi connectivity index (χ2n) is 5.73. The van der Waals surface area contributed by atoms with Crippen molar-refractivity contribution in [3.63, 3.8) is 0 Å². The van der Waals surface area contributed by atoms with Crippen LogP contribution in [0.5, 0.6) is 0 Å². The highest BCUT2D eigenvalue weighted by atomic mass is 16.5. The Labute approximate surface area is 151 Å². The number of methoxy groups -OCH3 is 1. The highest BCUT2D eigenvalue weighted by molar-refractivity contribution is 6.36. The lowest BCUT2D eigenvalue weighted by atomic mass is 10.0. The van der Waals surface area contributed by atoms with Gasteiger partial charge in [-0.25, -0.2) is 0 Å². The molecule has 2 aromatic rings. The number of para-hydroxylation sites is 1. The monoisotopic (exact) mass is 350 g/mol. The van der Waals surface area contributed by atoms with E-state index in [9.17, 15) is 14.4 Å². The first kappa shape index (κ1) is 17.4. The summed E-state index contributed by atoms with van der Waals surface area (Å²) in [7, 11) is 1.25. The molecule has 6 heteroatoms. The predicted molar refractivity (Wildman–Crippen MR) is 98.1 cm³/mol. The fraction of sp³-hybridized carbons (Fsp3) is 0.150. The van der Waals surface area contributed by atoms with Gasteiger partial charge in [0, 0.05) is 11.1 Å². The molecule has 0 aromatic heterocycles. The molecule has 1 aliphatic heterocycles. The minimum Gasteiger partial charge on any atom is -0.468 e. The number of fused-ring (bicyclic) bond motifs is 1. The molecule has 1 heterocycles. The SMILES string of the molecule is COC(=O)CNC(=O)CN1C(=O)/C(=C/c2ccccc2)c2ccccc21. The van der Waals surface area contributed by atoms with Crippen molar-refractivity contribution in [3.8, 4) is 0 Å². The quantitative estimate of drug-likeness (QED) is 0.660. The first-order valence-electron chi connectivity index (χ1n) is 8.11. The minimum absolute atomic E-state index is 0.168. The van der Waals surface area contributed by atoms with Crippen LogP contribution < -0.4 is 10.2 Å². The van der Waals surface area contributed by atoms with Crippen molar-refractivity contribution in [2.75, 3.05) is 25.1 Å². The smallest absolute Gasteiger partial charge is 0.325 e. The molecule has 2 aromatic carbocycles. The topological polar surface area (TPSA) is 75.7 Å². The second kappa shape index (κ2) is 7.65. The zero-order chi connectivity index (χ0) is 18.5. The summed E-state index contributed by atoms with van der Waals surface area (Å²) in [6, 6.07) is 16.9. The number of nitrogens with zero attached hydrogens (tertiary/aromatic N) is 1. The largest absolute Gasteiger partial charge is 0.468 e. The number of anilines is 1. The van der Waals surface area contributed by atoms with Crippen LogP contribution in [0.1, 0.15) is 11.1 Å². The molecule has 3 rings (SSSR count). The standard InChI is InChI=1S/C20H18N2O4/c1-26-19(24)12-21-18(23)13-22-17-10-6-5-9-15(17)16(20(22)25)11-14-7-3-2-4-8-14/h2-11H,12-13H2,1H3,(H,21,23)/b16-11+. The van der Waals surface area contributed by atoms with Crippen molar-refractivity contribution in [2.24, 2.45) is 0 Å². The second-order valence-corrected chi connectivity index (χ2v) is 5.73. The van der Waals surface area contributed by atoms with Crippen LogP contribution in [0.15, 0.2) is 54.6 Å². The molecule has 0 aliphatic carbocycles. The number of nitrogens with one attached hydrogen (secondary N) is 1. The molecule has 0 fully saturated rings. The molecule has 0 saturated heterocycles. The van der Waals surface area contributed by atoms with Crippen molar-refractivity contribution in [1.82, 2.24) is 5.32 Å². The van der Waals surface area contributed by atoms with E-state index in [1.54, 1.807) is 6.07 Å². The van der Waals surface area contributed by atoms with Gasteiger partial charge in [-0.2, -0.15) is 0 Å². The number of ether oxygens (including phenoxy) is 1. The van der Waals surface area contributed by atoms with Crippen molar-refractivity contribution >= 4 is 35.1 Å². The molecule has 0 saturated carbocycles. The van der Waals surface area contributed by atoms with Gasteiger partial charge in [0.25, 0.3) is 5.91 Å². The van der Waals surface area contributed by atoms with Gasteiger partial charge >= 0.3 is 5.97 Å². The average molecular weight is 350 g/mol. The number of carbonyl (C=O) groups excluding carboxylic acids is 3. The molecular weight excluding hydrogens is 332 g/mol. The van der Waals surface area contributed by atoms with Crippen LogP contribution >= 0.6 is 0 Å². The van der Waals surface area contributed by atoms with E-state index >= 15 is 0 Å². The Bertz CT molecular complexity index is 874. The number of carbonyl (C=O) groups is 3. The minimum atomic E-state index is -0.545. The summed E-state index contributed by atoms with van der Waals surface area (Å²) < 4.78 is 4.49. The molecule has 0 atom stereocenters. The Morgan fingerprint density at radius 3 is 2.50 bits per heavy atom. The average Bonchev–Trinajstić information content (AvgIpc) is 2.93. The van der Waals surface area contributed by atoms with E-state index in [1.807, 2.05) is 54.6 Å². The number of hydrogen-bond donors (Lipinski definition) is 1. The molecule has 0 bridgehead atoms. The van der Waals surface area contributed by atoms with Gasteiger partial charge in [-0.3, -0.25) is 19.3 Å². The van der Waals surface area contributed by atoms with Crippen LogP contribution in [0, 0.1) is 0 Å². The summed E-state index contributed by atoms with van der Waals surface area (Å²) in [5.74, 6) is -1.22. The van der Waals surface area contributed by atoms with Crippen molar-refractivity contribution < 1.29 is 19.1 Å². The summed E-state index contributed by atoms with van der Waals surface area (Å²) in [5, 5.41) is 2.45. The Hall–Kier alpha value is -3.41. The van der Waals surface area contributed by atoms with Crippen LogP contribution in [-0.4, -0.2) is 38.0 Å². The third-order valence-electron chi connectivity index (χ3n) is 4.03. The maximum Gasteiger partial charge on any atom is 0.325 e. The van der Waals surface area contributed by atoms with E-state index in [1.165, 1.54) is 12.0 Å². The maximum atomic E-state index is 12.9. The fourth-order valence-corrected chi connectivity index (χ4v) is 2.76. The van der Waals surface area contributed by atoms with Crippen LogP contribution in [0.25, 0.3) is 11.6 Å². The lowest BCUT2D eigenvalue weighted by Crippen LogP contribution is -2.40. The first-order chi connectivity index (χ1) is 12.6. The van der Waals surface area contributed by atoms with Crippen LogP contribution in [0.3, 0.4) is 0 Å². The maximum absolute atomic E-state index is 12.9. The number of amides is 2. The zero-order valence-electron chi connectivity index (χ0n) is 14.3. The number of rotatable bonds is 5. The lowest BCUT2D eigenvalue weighted by molar-refractivity contribution is -0.141. The van der Waals surface area contributed by atoms with Gasteiger partial charge in [0.2, 0.25) is 5.91 Å². The van der Waals surface area contributed by atoms with Crippen molar-refractivity contribution in [1.29, 1.82) is 0 Å². The Kier molecular flexibility index (Phi) is 5.12. The highest BCUT2D eigenvalue weighted by Crippen LogP contribution is 2.37. The summed E-state index contributed by atoms with van der Waals surface area (Å²) in [5.41, 5.74) is 2.89. The Morgan fingerprint density at radius 1 is 1.08 bits per heavy atom. The third kappa shape index (κ3) is 3.64. The van der Waals surface area contributed by atoms with Crippen LogP contribution in [0.4, 0.5) is 5.69 Å². The van der Waals surface area contributed by atoms with Gasteiger partial charge in [-0.05, 0) is 17.7 Å². The summed E-state index contributed by atoms with van der Waals surface area (Å²) in [4.78, 5) is 37.5. The summed E-state index contributed by atoms with van der Waals surface area (Å²) in [6.07, 6.45) is 1.81. The van der Waals surface area contributed by atoms with E-state index in [-0.39, 0.29) is 19.0 Å². The van der Waals surface area contributed by atoms with E-state index in [0.717, 1.165) is 11.1 Å².